The lowest BCUT2D eigenvalue weighted by Gasteiger charge is -2.29. The number of nitrogens with one attached hydrogen (secondary N) is 1. The van der Waals surface area contributed by atoms with E-state index in [-0.39, 0.29) is 0 Å². The molecular weight excluding hydrogens is 386 g/mol. The van der Waals surface area contributed by atoms with Crippen molar-refractivity contribution in [2.75, 3.05) is 11.9 Å². The first-order chi connectivity index (χ1) is 15.4. The van der Waals surface area contributed by atoms with Crippen molar-refractivity contribution in [1.82, 2.24) is 0 Å². The van der Waals surface area contributed by atoms with Gasteiger partial charge < -0.3 is 5.32 Å². The van der Waals surface area contributed by atoms with E-state index < -0.39 is 0 Å². The van der Waals surface area contributed by atoms with Gasteiger partial charge in [-0.25, -0.2) is 0 Å². The average molecular weight is 436 g/mol. The molecule has 0 aliphatic rings. The summed E-state index contributed by atoms with van der Waals surface area (Å²) < 4.78 is 0. The minimum Gasteiger partial charge on any atom is -0.385 e. The van der Waals surface area contributed by atoms with Crippen LogP contribution in [0.1, 0.15) is 98.0 Å². The molecule has 0 spiro atoms. The molecule has 1 N–H and O–H groups in total. The molecule has 1 nitrogen and oxygen atoms in total. The summed E-state index contributed by atoms with van der Waals surface area (Å²) in [5.74, 6) is 0.768. The molecule has 0 aliphatic carbocycles. The summed E-state index contributed by atoms with van der Waals surface area (Å²) in [4.78, 5) is 0. The summed E-state index contributed by atoms with van der Waals surface area (Å²) in [5.41, 5.74) is 3.65. The van der Waals surface area contributed by atoms with Gasteiger partial charge in [-0.05, 0) is 66.5 Å². The first-order valence-corrected chi connectivity index (χ1v) is 13.2. The summed E-state index contributed by atoms with van der Waals surface area (Å²) in [5, 5.41) is 3.71. The highest BCUT2D eigenvalue weighted by molar-refractivity contribution is 5.42. The second-order valence-corrected chi connectivity index (χ2v) is 11.1. The zero-order valence-electron chi connectivity index (χ0n) is 21.6. The Labute approximate surface area is 199 Å². The Hall–Kier alpha value is -1.76. The summed E-state index contributed by atoms with van der Waals surface area (Å²) in [6.45, 7) is 13.1. The Morgan fingerprint density at radius 3 is 1.97 bits per heavy atom. The van der Waals surface area contributed by atoms with Gasteiger partial charge in [0.2, 0.25) is 0 Å². The van der Waals surface area contributed by atoms with Crippen LogP contribution in [0.15, 0.2) is 60.7 Å². The topological polar surface area (TPSA) is 12.0 Å². The molecule has 32 heavy (non-hydrogen) atoms. The molecular formula is C31H49N. The van der Waals surface area contributed by atoms with Gasteiger partial charge in [0.25, 0.3) is 0 Å². The van der Waals surface area contributed by atoms with Crippen LogP contribution in [-0.2, 0) is 6.42 Å². The summed E-state index contributed by atoms with van der Waals surface area (Å²) >= 11 is 0. The molecule has 0 fully saturated rings. The van der Waals surface area contributed by atoms with Crippen LogP contribution in [0.5, 0.6) is 0 Å². The van der Waals surface area contributed by atoms with Crippen molar-refractivity contribution in [3.05, 3.63) is 66.2 Å². The first-order valence-electron chi connectivity index (χ1n) is 13.2. The minimum atomic E-state index is 0.421. The van der Waals surface area contributed by atoms with E-state index in [4.69, 9.17) is 0 Å². The maximum atomic E-state index is 3.71. The summed E-state index contributed by atoms with van der Waals surface area (Å²) in [6, 6.07) is 21.8. The Morgan fingerprint density at radius 1 is 0.719 bits per heavy atom. The number of para-hydroxylation sites is 1. The first kappa shape index (κ1) is 26.5. The molecule has 2 unspecified atom stereocenters. The Morgan fingerprint density at radius 2 is 1.34 bits per heavy atom. The van der Waals surface area contributed by atoms with Crippen molar-refractivity contribution < 1.29 is 0 Å². The molecule has 0 aromatic heterocycles. The number of benzene rings is 2. The van der Waals surface area contributed by atoms with Gasteiger partial charge in [-0.1, -0.05) is 115 Å². The highest BCUT2D eigenvalue weighted by Crippen LogP contribution is 2.34. The van der Waals surface area contributed by atoms with Gasteiger partial charge in [0.1, 0.15) is 0 Å². The third kappa shape index (κ3) is 10.2. The zero-order valence-corrected chi connectivity index (χ0v) is 21.6. The smallest absolute Gasteiger partial charge is 0.0340 e. The molecule has 0 amide bonds. The molecule has 178 valence electrons. The molecule has 2 atom stereocenters. The molecule has 0 saturated heterocycles. The van der Waals surface area contributed by atoms with Gasteiger partial charge in [-0.15, -0.1) is 0 Å². The van der Waals surface area contributed by atoms with Crippen molar-refractivity contribution in [1.29, 1.82) is 0 Å². The van der Waals surface area contributed by atoms with Crippen LogP contribution < -0.4 is 5.32 Å². The third-order valence-electron chi connectivity index (χ3n) is 7.76. The number of hydrogen-bond donors (Lipinski definition) is 1. The predicted octanol–water partition coefficient (Wildman–Crippen LogP) is 9.54. The Balaban J connectivity index is 1.82. The molecule has 0 saturated carbocycles. The highest BCUT2D eigenvalue weighted by atomic mass is 14.9. The van der Waals surface area contributed by atoms with E-state index in [1.54, 1.807) is 0 Å². The number of rotatable bonds is 16. The Kier molecular flexibility index (Phi) is 11.4. The average Bonchev–Trinajstić information content (AvgIpc) is 2.81. The monoisotopic (exact) mass is 435 g/mol. The lowest BCUT2D eigenvalue weighted by atomic mass is 9.76. The largest absolute Gasteiger partial charge is 0.385 e. The van der Waals surface area contributed by atoms with Crippen LogP contribution in [-0.4, -0.2) is 6.54 Å². The van der Waals surface area contributed by atoms with Crippen molar-refractivity contribution in [3.8, 4) is 0 Å². The molecule has 2 aromatic carbocycles. The standard InChI is InChI=1S/C31H49N/c1-6-30(3,4)23-16-20-28(26-32-29-21-12-9-13-22-29)19-14-15-24-31(5,7-2)25-27-17-10-8-11-18-27/h8-13,17-18,21-22,28,32H,6-7,14-16,19-20,23-26H2,1-5H3. The number of hydrogen-bond acceptors (Lipinski definition) is 1. The molecule has 0 radical (unpaired) electrons. The SMILES string of the molecule is CCC(C)(C)CCCC(CCCCC(C)(CC)Cc1ccccc1)CNc1ccccc1. The second-order valence-electron chi connectivity index (χ2n) is 11.1. The fourth-order valence-electron chi connectivity index (χ4n) is 4.68. The van der Waals surface area contributed by atoms with Crippen LogP contribution in [0.4, 0.5) is 5.69 Å². The zero-order chi connectivity index (χ0) is 23.3. The van der Waals surface area contributed by atoms with Gasteiger partial charge in [0, 0.05) is 12.2 Å². The lowest BCUT2D eigenvalue weighted by molar-refractivity contribution is 0.263. The van der Waals surface area contributed by atoms with E-state index in [1.165, 1.54) is 75.5 Å². The van der Waals surface area contributed by atoms with Gasteiger partial charge in [0.05, 0.1) is 0 Å². The summed E-state index contributed by atoms with van der Waals surface area (Å²) in [6.07, 6.45) is 13.1. The van der Waals surface area contributed by atoms with Gasteiger partial charge in [0.15, 0.2) is 0 Å². The molecule has 2 aromatic rings. The molecule has 0 heterocycles. The molecule has 1 heteroatoms. The highest BCUT2D eigenvalue weighted by Gasteiger charge is 2.22. The fourth-order valence-corrected chi connectivity index (χ4v) is 4.68. The van der Waals surface area contributed by atoms with E-state index in [1.807, 2.05) is 0 Å². The fraction of sp³-hybridized carbons (Fsp3) is 0.613. The van der Waals surface area contributed by atoms with Crippen molar-refractivity contribution in [3.63, 3.8) is 0 Å². The van der Waals surface area contributed by atoms with E-state index in [9.17, 15) is 0 Å². The van der Waals surface area contributed by atoms with Gasteiger partial charge >= 0.3 is 0 Å². The van der Waals surface area contributed by atoms with E-state index >= 15 is 0 Å². The summed E-state index contributed by atoms with van der Waals surface area (Å²) in [7, 11) is 0. The predicted molar refractivity (Wildman–Crippen MR) is 143 cm³/mol. The third-order valence-corrected chi connectivity index (χ3v) is 7.76. The van der Waals surface area contributed by atoms with Crippen LogP contribution >= 0.6 is 0 Å². The molecule has 2 rings (SSSR count). The lowest BCUT2D eigenvalue weighted by Crippen LogP contribution is -2.19. The molecule has 0 bridgehead atoms. The van der Waals surface area contributed by atoms with Crippen LogP contribution in [0.2, 0.25) is 0 Å². The number of unbranched alkanes of at least 4 members (excludes halogenated alkanes) is 1. The second kappa shape index (κ2) is 13.7. The van der Waals surface area contributed by atoms with Crippen molar-refractivity contribution in [2.45, 2.75) is 98.8 Å². The Bertz CT molecular complexity index is 721. The minimum absolute atomic E-state index is 0.421. The van der Waals surface area contributed by atoms with Gasteiger partial charge in [-0.3, -0.25) is 0 Å². The van der Waals surface area contributed by atoms with E-state index in [0.29, 0.717) is 10.8 Å². The number of anilines is 1. The van der Waals surface area contributed by atoms with E-state index in [2.05, 4.69) is 101 Å². The maximum Gasteiger partial charge on any atom is 0.0340 e. The van der Waals surface area contributed by atoms with E-state index in [0.717, 1.165) is 12.5 Å². The van der Waals surface area contributed by atoms with Gasteiger partial charge in [-0.2, -0.15) is 0 Å². The van der Waals surface area contributed by atoms with Crippen molar-refractivity contribution in [2.24, 2.45) is 16.7 Å². The molecule has 0 aliphatic heterocycles. The quantitative estimate of drug-likeness (QED) is 0.259. The maximum absolute atomic E-state index is 3.71. The van der Waals surface area contributed by atoms with Crippen LogP contribution in [0.25, 0.3) is 0 Å². The van der Waals surface area contributed by atoms with Crippen molar-refractivity contribution >= 4 is 5.69 Å². The van der Waals surface area contributed by atoms with Crippen LogP contribution in [0, 0.1) is 16.7 Å². The van der Waals surface area contributed by atoms with Crippen LogP contribution in [0.3, 0.4) is 0 Å². The normalized spacial score (nSPS) is 14.7.